The van der Waals surface area contributed by atoms with E-state index in [4.69, 9.17) is 4.74 Å². The van der Waals surface area contributed by atoms with Crippen LogP contribution in [0.4, 0.5) is 0 Å². The molecule has 0 bridgehead atoms. The van der Waals surface area contributed by atoms with Crippen LogP contribution < -0.4 is 5.32 Å². The fourth-order valence-electron chi connectivity index (χ4n) is 12.9. The first-order valence-electron chi connectivity index (χ1n) is 40.1. The van der Waals surface area contributed by atoms with Crippen molar-refractivity contribution in [3.8, 4) is 0 Å². The van der Waals surface area contributed by atoms with Gasteiger partial charge in [-0.3, -0.25) is 9.59 Å². The third kappa shape index (κ3) is 73.3. The molecule has 0 saturated heterocycles. The number of hydrogen-bond donors (Lipinski definition) is 3. The molecule has 0 aliphatic carbocycles. The van der Waals surface area contributed by atoms with E-state index < -0.39 is 12.1 Å². The monoisotopic (exact) mass is 1220 g/mol. The van der Waals surface area contributed by atoms with E-state index in [1.54, 1.807) is 0 Å². The fraction of sp³-hybridized carbons (Fsp3) is 0.926. The second kappa shape index (κ2) is 76.8. The van der Waals surface area contributed by atoms with Crippen molar-refractivity contribution in [2.24, 2.45) is 0 Å². The molecule has 0 aliphatic rings. The van der Waals surface area contributed by atoms with E-state index in [1.807, 2.05) is 0 Å². The minimum absolute atomic E-state index is 0.0138. The van der Waals surface area contributed by atoms with E-state index in [1.165, 1.54) is 379 Å². The van der Waals surface area contributed by atoms with Crippen molar-refractivity contribution in [3.05, 3.63) is 24.3 Å². The molecule has 0 radical (unpaired) electrons. The highest BCUT2D eigenvalue weighted by Gasteiger charge is 2.20. The number of aliphatic hydroxyl groups excluding tert-OH is 2. The normalized spacial score (nSPS) is 12.6. The maximum Gasteiger partial charge on any atom is 0.305 e. The third-order valence-corrected chi connectivity index (χ3v) is 19.0. The summed E-state index contributed by atoms with van der Waals surface area (Å²) >= 11 is 0. The highest BCUT2D eigenvalue weighted by molar-refractivity contribution is 5.76. The second-order valence-electron chi connectivity index (χ2n) is 27.7. The Morgan fingerprint density at radius 2 is 0.540 bits per heavy atom. The highest BCUT2D eigenvalue weighted by Crippen LogP contribution is 2.20. The van der Waals surface area contributed by atoms with Gasteiger partial charge < -0.3 is 20.3 Å². The molecule has 6 heteroatoms. The largest absolute Gasteiger partial charge is 0.466 e. The zero-order chi connectivity index (χ0) is 62.8. The van der Waals surface area contributed by atoms with E-state index >= 15 is 0 Å². The van der Waals surface area contributed by atoms with Gasteiger partial charge in [0, 0.05) is 12.8 Å². The van der Waals surface area contributed by atoms with Crippen LogP contribution in [0.3, 0.4) is 0 Å². The van der Waals surface area contributed by atoms with Crippen LogP contribution in [0, 0.1) is 0 Å². The Morgan fingerprint density at radius 3 is 0.816 bits per heavy atom. The number of hydrogen-bond acceptors (Lipinski definition) is 5. The van der Waals surface area contributed by atoms with Crippen LogP contribution in [-0.2, 0) is 14.3 Å². The quantitative estimate of drug-likeness (QED) is 0.0320. The molecule has 87 heavy (non-hydrogen) atoms. The topological polar surface area (TPSA) is 95.9 Å². The number of aliphatic hydroxyl groups is 2. The summed E-state index contributed by atoms with van der Waals surface area (Å²) in [5, 5.41) is 23.4. The predicted molar refractivity (Wildman–Crippen MR) is 384 cm³/mol. The average molecular weight is 1230 g/mol. The first-order chi connectivity index (χ1) is 43.0. The van der Waals surface area contributed by atoms with Crippen molar-refractivity contribution < 1.29 is 24.5 Å². The molecule has 0 rings (SSSR count). The second-order valence-corrected chi connectivity index (χ2v) is 27.7. The number of rotatable bonds is 76. The Hall–Kier alpha value is -1.66. The lowest BCUT2D eigenvalue weighted by atomic mass is 10.0. The number of unbranched alkanes of at least 4 members (excludes halogenated alkanes) is 61. The number of amides is 1. The van der Waals surface area contributed by atoms with Crippen molar-refractivity contribution in [1.82, 2.24) is 5.32 Å². The molecule has 0 aliphatic heterocycles. The highest BCUT2D eigenvalue weighted by atomic mass is 16.5. The minimum Gasteiger partial charge on any atom is -0.466 e. The van der Waals surface area contributed by atoms with E-state index in [-0.39, 0.29) is 18.5 Å². The molecule has 0 aromatic rings. The summed E-state index contributed by atoms with van der Waals surface area (Å²) in [5.41, 5.74) is 0. The molecule has 3 N–H and O–H groups in total. The SMILES string of the molecule is CCCCCCCCC/C=C\CCCCCCCC(=O)OCCCCCCCCCCCCCCCC/C=C\CCCCCCCCCCCCCCCCCCCC(=O)NC(CO)C(O)CCCCCCCCCCCCCCCCCCCCC. The van der Waals surface area contributed by atoms with Gasteiger partial charge in [0.05, 0.1) is 25.4 Å². The summed E-state index contributed by atoms with van der Waals surface area (Å²) in [6.07, 6.45) is 98.5. The molecular formula is C81H157NO5. The molecule has 0 heterocycles. The lowest BCUT2D eigenvalue weighted by Gasteiger charge is -2.22. The van der Waals surface area contributed by atoms with Gasteiger partial charge in [-0.05, 0) is 77.0 Å². The van der Waals surface area contributed by atoms with E-state index in [9.17, 15) is 19.8 Å². The molecule has 2 unspecified atom stereocenters. The van der Waals surface area contributed by atoms with Crippen molar-refractivity contribution in [3.63, 3.8) is 0 Å². The number of carbonyl (C=O) groups excluding carboxylic acids is 2. The van der Waals surface area contributed by atoms with Gasteiger partial charge in [0.15, 0.2) is 0 Å². The van der Waals surface area contributed by atoms with Crippen LogP contribution in [0.25, 0.3) is 0 Å². The van der Waals surface area contributed by atoms with Gasteiger partial charge in [-0.25, -0.2) is 0 Å². The smallest absolute Gasteiger partial charge is 0.305 e. The molecule has 0 aromatic heterocycles. The molecule has 0 aromatic carbocycles. The third-order valence-electron chi connectivity index (χ3n) is 19.0. The molecule has 6 nitrogen and oxygen atoms in total. The molecule has 516 valence electrons. The molecule has 0 saturated carbocycles. The average Bonchev–Trinajstić information content (AvgIpc) is 3.53. The molecule has 2 atom stereocenters. The van der Waals surface area contributed by atoms with Crippen LogP contribution in [-0.4, -0.2) is 47.4 Å². The van der Waals surface area contributed by atoms with E-state index in [0.29, 0.717) is 25.9 Å². The Morgan fingerprint density at radius 1 is 0.310 bits per heavy atom. The van der Waals surface area contributed by atoms with Crippen molar-refractivity contribution in [2.75, 3.05) is 13.2 Å². The maximum atomic E-state index is 12.6. The zero-order valence-corrected chi connectivity index (χ0v) is 59.3. The first-order valence-corrected chi connectivity index (χ1v) is 40.1. The van der Waals surface area contributed by atoms with Gasteiger partial charge in [-0.1, -0.05) is 391 Å². The summed E-state index contributed by atoms with van der Waals surface area (Å²) in [5.74, 6) is -0.0127. The standard InChI is InChI=1S/C81H157NO5/c1-3-5-7-9-11-13-15-17-19-21-39-42-45-49-53-57-61-65-69-73-79(84)78(77-83)82-80(85)74-70-66-62-58-54-50-46-43-40-37-35-33-31-29-27-25-23-22-24-26-28-30-32-34-36-38-41-44-48-52-56-60-64-68-72-76-87-81(86)75-71-67-63-59-55-51-47-20-18-16-14-12-10-8-6-4-2/h20,24,26,47,78-79,83-84H,3-19,21-23,25,27-46,48-77H2,1-2H3,(H,82,85)/b26-24-,47-20-. The number of ether oxygens (including phenoxy) is 1. The predicted octanol–water partition coefficient (Wildman–Crippen LogP) is 26.4. The number of carbonyl (C=O) groups is 2. The first kappa shape index (κ1) is 85.3. The summed E-state index contributed by atoms with van der Waals surface area (Å²) in [4.78, 5) is 24.6. The van der Waals surface area contributed by atoms with Crippen molar-refractivity contribution >= 4 is 11.9 Å². The summed E-state index contributed by atoms with van der Waals surface area (Å²) < 4.78 is 5.50. The van der Waals surface area contributed by atoms with Crippen LogP contribution in [0.1, 0.15) is 457 Å². The van der Waals surface area contributed by atoms with Crippen molar-refractivity contribution in [1.29, 1.82) is 0 Å². The van der Waals surface area contributed by atoms with Crippen LogP contribution in [0.15, 0.2) is 24.3 Å². The Kier molecular flexibility index (Phi) is 75.3. The number of esters is 1. The summed E-state index contributed by atoms with van der Waals surface area (Å²) in [6, 6.07) is -0.539. The lowest BCUT2D eigenvalue weighted by Crippen LogP contribution is -2.45. The lowest BCUT2D eigenvalue weighted by molar-refractivity contribution is -0.143. The maximum absolute atomic E-state index is 12.6. The van der Waals surface area contributed by atoms with Crippen molar-refractivity contribution in [2.45, 2.75) is 469 Å². The molecule has 0 spiro atoms. The fourth-order valence-corrected chi connectivity index (χ4v) is 12.9. The molecule has 0 fully saturated rings. The Labute approximate surface area is 545 Å². The summed E-state index contributed by atoms with van der Waals surface area (Å²) in [7, 11) is 0. The van der Waals surface area contributed by atoms with Gasteiger partial charge >= 0.3 is 5.97 Å². The van der Waals surface area contributed by atoms with Gasteiger partial charge in [0.25, 0.3) is 0 Å². The zero-order valence-electron chi connectivity index (χ0n) is 59.3. The summed E-state index contributed by atoms with van der Waals surface area (Å²) in [6.45, 7) is 5.00. The minimum atomic E-state index is -0.662. The van der Waals surface area contributed by atoms with Gasteiger partial charge in [0.2, 0.25) is 5.91 Å². The molecular weight excluding hydrogens is 1070 g/mol. The van der Waals surface area contributed by atoms with Gasteiger partial charge in [-0.15, -0.1) is 0 Å². The Balaban J connectivity index is 3.34. The van der Waals surface area contributed by atoms with Crippen LogP contribution in [0.5, 0.6) is 0 Å². The molecule has 1 amide bonds. The number of nitrogens with one attached hydrogen (secondary N) is 1. The van der Waals surface area contributed by atoms with Gasteiger partial charge in [0.1, 0.15) is 0 Å². The number of allylic oxidation sites excluding steroid dienone is 4. The Bertz CT molecular complexity index is 1360. The van der Waals surface area contributed by atoms with E-state index in [2.05, 4.69) is 43.5 Å². The van der Waals surface area contributed by atoms with Gasteiger partial charge in [-0.2, -0.15) is 0 Å². The van der Waals surface area contributed by atoms with E-state index in [0.717, 1.165) is 44.9 Å². The van der Waals surface area contributed by atoms with Crippen LogP contribution in [0.2, 0.25) is 0 Å². The van der Waals surface area contributed by atoms with Crippen LogP contribution >= 0.6 is 0 Å².